The van der Waals surface area contributed by atoms with Gasteiger partial charge in [0.1, 0.15) is 5.69 Å². The molecule has 1 saturated carbocycles. The number of nitrogens with zero attached hydrogens (tertiary/aromatic N) is 1. The van der Waals surface area contributed by atoms with Gasteiger partial charge >= 0.3 is 5.97 Å². The number of benzene rings is 1. The maximum Gasteiger partial charge on any atom is 0.352 e. The number of carboxylic acid groups (broad SMARTS) is 1. The molecule has 1 aromatic heterocycles. The Labute approximate surface area is 143 Å². The fourth-order valence-electron chi connectivity index (χ4n) is 4.23. The van der Waals surface area contributed by atoms with Crippen molar-refractivity contribution in [2.24, 2.45) is 11.8 Å². The van der Waals surface area contributed by atoms with Gasteiger partial charge in [-0.1, -0.05) is 44.9 Å². The van der Waals surface area contributed by atoms with E-state index in [1.807, 2.05) is 35.8 Å². The van der Waals surface area contributed by atoms with E-state index >= 15 is 0 Å². The molecule has 1 heterocycles. The summed E-state index contributed by atoms with van der Waals surface area (Å²) in [4.78, 5) is 11.9. The summed E-state index contributed by atoms with van der Waals surface area (Å²) in [7, 11) is 0. The summed E-state index contributed by atoms with van der Waals surface area (Å²) in [5.41, 5.74) is 2.37. The summed E-state index contributed by atoms with van der Waals surface area (Å²) in [6.45, 7) is 7.93. The minimum absolute atomic E-state index is 0.433. The van der Waals surface area contributed by atoms with Crippen molar-refractivity contribution in [3.05, 3.63) is 35.5 Å². The summed E-state index contributed by atoms with van der Waals surface area (Å²) in [6, 6.07) is 8.49. The Balaban J connectivity index is 1.94. The van der Waals surface area contributed by atoms with Gasteiger partial charge in [0.05, 0.1) is 0 Å². The lowest BCUT2D eigenvalue weighted by atomic mass is 9.78. The number of hydrogen-bond donors (Lipinski definition) is 2. The second-order valence-electron chi connectivity index (χ2n) is 7.15. The van der Waals surface area contributed by atoms with E-state index in [0.717, 1.165) is 22.4 Å². The van der Waals surface area contributed by atoms with Gasteiger partial charge in [0, 0.05) is 35.6 Å². The predicted molar refractivity (Wildman–Crippen MR) is 97.4 cm³/mol. The predicted octanol–water partition coefficient (Wildman–Crippen LogP) is 4.27. The van der Waals surface area contributed by atoms with Crippen LogP contribution >= 0.6 is 0 Å². The maximum atomic E-state index is 11.9. The smallest absolute Gasteiger partial charge is 0.352 e. The standard InChI is InChI=1S/C20H28N2O2/c1-4-22-18-11-6-5-9-15(18)16(19(22)20(23)24)12-21-17-10-7-8-13(2)14(17)3/h5-6,9,11,13-14,17,21H,4,7-8,10,12H2,1-3H3,(H,23,24)/t13-,14-,17-/m1/s1. The van der Waals surface area contributed by atoms with Crippen molar-refractivity contribution in [1.82, 2.24) is 9.88 Å². The maximum absolute atomic E-state index is 11.9. The van der Waals surface area contributed by atoms with Crippen molar-refractivity contribution in [2.75, 3.05) is 0 Å². The lowest BCUT2D eigenvalue weighted by Crippen LogP contribution is -2.40. The number of para-hydroxylation sites is 1. The highest BCUT2D eigenvalue weighted by Gasteiger charge is 2.28. The molecule has 4 heteroatoms. The van der Waals surface area contributed by atoms with Crippen LogP contribution in [0.2, 0.25) is 0 Å². The average Bonchev–Trinajstić information content (AvgIpc) is 2.90. The Morgan fingerprint density at radius 2 is 2.04 bits per heavy atom. The van der Waals surface area contributed by atoms with Crippen LogP contribution in [0.25, 0.3) is 10.9 Å². The van der Waals surface area contributed by atoms with Gasteiger partial charge in [-0.3, -0.25) is 0 Å². The second-order valence-corrected chi connectivity index (χ2v) is 7.15. The molecule has 0 saturated heterocycles. The number of aromatic nitrogens is 1. The summed E-state index contributed by atoms with van der Waals surface area (Å²) in [6.07, 6.45) is 3.74. The Morgan fingerprint density at radius 3 is 2.75 bits per heavy atom. The molecule has 2 N–H and O–H groups in total. The molecule has 0 unspecified atom stereocenters. The number of fused-ring (bicyclic) bond motifs is 1. The largest absolute Gasteiger partial charge is 0.477 e. The van der Waals surface area contributed by atoms with E-state index < -0.39 is 5.97 Å². The number of aryl methyl sites for hydroxylation is 1. The number of nitrogens with one attached hydrogen (secondary N) is 1. The van der Waals surface area contributed by atoms with Crippen LogP contribution < -0.4 is 5.32 Å². The number of hydrogen-bond acceptors (Lipinski definition) is 2. The van der Waals surface area contributed by atoms with Crippen molar-refractivity contribution in [3.63, 3.8) is 0 Å². The minimum atomic E-state index is -0.838. The van der Waals surface area contributed by atoms with Gasteiger partial charge in [-0.05, 0) is 31.2 Å². The normalized spacial score (nSPS) is 24.4. The molecule has 2 aromatic rings. The van der Waals surface area contributed by atoms with Gasteiger partial charge in [0.2, 0.25) is 0 Å². The Bertz CT molecular complexity index is 735. The molecule has 1 aromatic carbocycles. The Morgan fingerprint density at radius 1 is 1.29 bits per heavy atom. The SMILES string of the molecule is CCn1c(C(=O)O)c(CN[C@@H]2CCC[C@@H](C)[C@H]2C)c2ccccc21. The van der Waals surface area contributed by atoms with E-state index in [9.17, 15) is 9.90 Å². The van der Waals surface area contributed by atoms with E-state index in [4.69, 9.17) is 0 Å². The molecule has 24 heavy (non-hydrogen) atoms. The first-order chi connectivity index (χ1) is 11.5. The van der Waals surface area contributed by atoms with Crippen LogP contribution in [0.4, 0.5) is 0 Å². The summed E-state index contributed by atoms with van der Waals surface area (Å²) >= 11 is 0. The van der Waals surface area contributed by atoms with E-state index in [0.29, 0.717) is 30.7 Å². The monoisotopic (exact) mass is 328 g/mol. The first-order valence-corrected chi connectivity index (χ1v) is 9.11. The summed E-state index contributed by atoms with van der Waals surface area (Å²) in [5.74, 6) is 0.522. The topological polar surface area (TPSA) is 54.3 Å². The quantitative estimate of drug-likeness (QED) is 0.861. The molecule has 0 amide bonds. The highest BCUT2D eigenvalue weighted by molar-refractivity contribution is 5.98. The highest BCUT2D eigenvalue weighted by atomic mass is 16.4. The van der Waals surface area contributed by atoms with Crippen LogP contribution in [0.15, 0.2) is 24.3 Å². The van der Waals surface area contributed by atoms with Crippen LogP contribution in [0, 0.1) is 11.8 Å². The molecule has 1 aliphatic rings. The second kappa shape index (κ2) is 6.98. The lowest BCUT2D eigenvalue weighted by Gasteiger charge is -2.34. The molecule has 0 aliphatic heterocycles. The van der Waals surface area contributed by atoms with Crippen LogP contribution in [0.3, 0.4) is 0 Å². The van der Waals surface area contributed by atoms with Crippen molar-refractivity contribution < 1.29 is 9.90 Å². The zero-order chi connectivity index (χ0) is 17.3. The third kappa shape index (κ3) is 2.95. The molecule has 1 aliphatic carbocycles. The van der Waals surface area contributed by atoms with Gasteiger partial charge in [-0.2, -0.15) is 0 Å². The lowest BCUT2D eigenvalue weighted by molar-refractivity contribution is 0.0684. The van der Waals surface area contributed by atoms with Crippen molar-refractivity contribution >= 4 is 16.9 Å². The Kier molecular flexibility index (Phi) is 4.95. The zero-order valence-electron chi connectivity index (χ0n) is 14.9. The van der Waals surface area contributed by atoms with Crippen LogP contribution in [-0.4, -0.2) is 21.7 Å². The molecular formula is C20H28N2O2. The molecule has 130 valence electrons. The molecule has 0 spiro atoms. The number of carboxylic acids is 1. The minimum Gasteiger partial charge on any atom is -0.477 e. The fraction of sp³-hybridized carbons (Fsp3) is 0.550. The number of aromatic carboxylic acids is 1. The number of carbonyl (C=O) groups is 1. The van der Waals surface area contributed by atoms with Crippen LogP contribution in [0.5, 0.6) is 0 Å². The Hall–Kier alpha value is -1.81. The van der Waals surface area contributed by atoms with Gasteiger partial charge in [-0.25, -0.2) is 4.79 Å². The zero-order valence-corrected chi connectivity index (χ0v) is 14.9. The molecule has 1 fully saturated rings. The first-order valence-electron chi connectivity index (χ1n) is 9.11. The van der Waals surface area contributed by atoms with Gasteiger partial charge < -0.3 is 15.0 Å². The van der Waals surface area contributed by atoms with E-state index in [1.165, 1.54) is 19.3 Å². The van der Waals surface area contributed by atoms with E-state index in [-0.39, 0.29) is 0 Å². The molecule has 3 rings (SSSR count). The average molecular weight is 328 g/mol. The first kappa shape index (κ1) is 17.0. The van der Waals surface area contributed by atoms with Crippen molar-refractivity contribution in [3.8, 4) is 0 Å². The van der Waals surface area contributed by atoms with Gasteiger partial charge in [0.25, 0.3) is 0 Å². The van der Waals surface area contributed by atoms with Gasteiger partial charge in [0.15, 0.2) is 0 Å². The highest BCUT2D eigenvalue weighted by Crippen LogP contribution is 2.31. The molecular weight excluding hydrogens is 300 g/mol. The van der Waals surface area contributed by atoms with Crippen molar-refractivity contribution in [1.29, 1.82) is 0 Å². The molecule has 3 atom stereocenters. The van der Waals surface area contributed by atoms with Crippen molar-refractivity contribution in [2.45, 2.75) is 59.2 Å². The summed E-state index contributed by atoms with van der Waals surface area (Å²) < 4.78 is 1.92. The molecule has 0 radical (unpaired) electrons. The summed E-state index contributed by atoms with van der Waals surface area (Å²) in [5, 5.41) is 14.5. The third-order valence-corrected chi connectivity index (χ3v) is 5.84. The van der Waals surface area contributed by atoms with E-state index in [2.05, 4.69) is 19.2 Å². The van der Waals surface area contributed by atoms with Gasteiger partial charge in [-0.15, -0.1) is 0 Å². The van der Waals surface area contributed by atoms with E-state index in [1.54, 1.807) is 0 Å². The number of rotatable bonds is 5. The van der Waals surface area contributed by atoms with Crippen LogP contribution in [-0.2, 0) is 13.1 Å². The molecule has 4 nitrogen and oxygen atoms in total. The molecule has 0 bridgehead atoms. The third-order valence-electron chi connectivity index (χ3n) is 5.84. The fourth-order valence-corrected chi connectivity index (χ4v) is 4.23. The van der Waals surface area contributed by atoms with Crippen LogP contribution in [0.1, 0.15) is 56.1 Å².